The second-order valence-electron chi connectivity index (χ2n) is 4.84. The molecule has 1 aliphatic rings. The van der Waals surface area contributed by atoms with Gasteiger partial charge < -0.3 is 10.6 Å². The summed E-state index contributed by atoms with van der Waals surface area (Å²) < 4.78 is 26.3. The van der Waals surface area contributed by atoms with E-state index in [1.54, 1.807) is 28.6 Å². The Morgan fingerprint density at radius 1 is 1.28 bits per heavy atom. The standard InChI is InChI=1S/C12H19N3O2S/c1-14(2)11-7-8-15(9-11)18(16,17)12-5-3-10(13)4-6-12/h3-6,11H,7-9,13H2,1-2H3. The summed E-state index contributed by atoms with van der Waals surface area (Å²) in [5, 5.41) is 0. The summed E-state index contributed by atoms with van der Waals surface area (Å²) in [6, 6.07) is 6.66. The first-order valence-electron chi connectivity index (χ1n) is 5.93. The molecule has 1 aromatic rings. The van der Waals surface area contributed by atoms with Crippen LogP contribution in [0.25, 0.3) is 0 Å². The molecule has 0 bridgehead atoms. The van der Waals surface area contributed by atoms with Crippen LogP contribution in [0.15, 0.2) is 29.2 Å². The molecule has 0 radical (unpaired) electrons. The van der Waals surface area contributed by atoms with E-state index in [-0.39, 0.29) is 0 Å². The Labute approximate surface area is 108 Å². The molecule has 0 amide bonds. The van der Waals surface area contributed by atoms with Crippen LogP contribution in [0.1, 0.15) is 6.42 Å². The smallest absolute Gasteiger partial charge is 0.243 e. The van der Waals surface area contributed by atoms with Crippen LogP contribution in [0.5, 0.6) is 0 Å². The molecular weight excluding hydrogens is 250 g/mol. The highest BCUT2D eigenvalue weighted by molar-refractivity contribution is 7.89. The Kier molecular flexibility index (Phi) is 3.61. The van der Waals surface area contributed by atoms with E-state index >= 15 is 0 Å². The van der Waals surface area contributed by atoms with Gasteiger partial charge in [0.05, 0.1) is 4.90 Å². The molecule has 0 saturated carbocycles. The van der Waals surface area contributed by atoms with Crippen molar-refractivity contribution in [2.45, 2.75) is 17.4 Å². The average molecular weight is 269 g/mol. The van der Waals surface area contributed by atoms with Crippen molar-refractivity contribution in [1.29, 1.82) is 0 Å². The molecule has 0 spiro atoms. The third kappa shape index (κ3) is 2.50. The molecule has 5 nitrogen and oxygen atoms in total. The molecule has 2 rings (SSSR count). The van der Waals surface area contributed by atoms with Gasteiger partial charge in [0.15, 0.2) is 0 Å². The van der Waals surface area contributed by atoms with Crippen molar-refractivity contribution in [3.63, 3.8) is 0 Å². The monoisotopic (exact) mass is 269 g/mol. The zero-order chi connectivity index (χ0) is 13.3. The van der Waals surface area contributed by atoms with Crippen LogP contribution in [0.2, 0.25) is 0 Å². The van der Waals surface area contributed by atoms with Crippen LogP contribution in [0.3, 0.4) is 0 Å². The fourth-order valence-corrected chi connectivity index (χ4v) is 3.63. The van der Waals surface area contributed by atoms with Crippen LogP contribution >= 0.6 is 0 Å². The average Bonchev–Trinajstić information content (AvgIpc) is 2.79. The summed E-state index contributed by atoms with van der Waals surface area (Å²) in [5.41, 5.74) is 6.14. The molecule has 2 N–H and O–H groups in total. The van der Waals surface area contributed by atoms with Crippen LogP contribution in [0, 0.1) is 0 Å². The molecule has 1 unspecified atom stereocenters. The maximum absolute atomic E-state index is 12.4. The normalized spacial score (nSPS) is 21.6. The van der Waals surface area contributed by atoms with Gasteiger partial charge >= 0.3 is 0 Å². The van der Waals surface area contributed by atoms with Gasteiger partial charge in [-0.2, -0.15) is 4.31 Å². The summed E-state index contributed by atoms with van der Waals surface area (Å²) >= 11 is 0. The molecule has 100 valence electrons. The number of rotatable bonds is 3. The molecule has 0 aliphatic carbocycles. The number of hydrogen-bond donors (Lipinski definition) is 1. The first kappa shape index (κ1) is 13.3. The maximum atomic E-state index is 12.4. The largest absolute Gasteiger partial charge is 0.399 e. The SMILES string of the molecule is CN(C)C1CCN(S(=O)(=O)c2ccc(N)cc2)C1. The van der Waals surface area contributed by atoms with E-state index in [2.05, 4.69) is 4.90 Å². The van der Waals surface area contributed by atoms with Crippen molar-refractivity contribution < 1.29 is 8.42 Å². The van der Waals surface area contributed by atoms with Crippen LogP contribution in [-0.4, -0.2) is 50.8 Å². The van der Waals surface area contributed by atoms with Crippen molar-refractivity contribution in [1.82, 2.24) is 9.21 Å². The minimum atomic E-state index is -3.37. The Morgan fingerprint density at radius 2 is 1.89 bits per heavy atom. The van der Waals surface area contributed by atoms with E-state index in [0.29, 0.717) is 29.7 Å². The highest BCUT2D eigenvalue weighted by Crippen LogP contribution is 2.23. The van der Waals surface area contributed by atoms with E-state index in [1.165, 1.54) is 0 Å². The number of nitrogens with two attached hydrogens (primary N) is 1. The fourth-order valence-electron chi connectivity index (χ4n) is 2.14. The zero-order valence-electron chi connectivity index (χ0n) is 10.7. The summed E-state index contributed by atoms with van der Waals surface area (Å²) in [7, 11) is 0.582. The Bertz CT molecular complexity index is 511. The number of anilines is 1. The first-order chi connectivity index (χ1) is 8.41. The molecule has 1 atom stereocenters. The molecule has 0 aromatic heterocycles. The molecule has 1 fully saturated rings. The van der Waals surface area contributed by atoms with Crippen molar-refractivity contribution in [2.75, 3.05) is 32.9 Å². The maximum Gasteiger partial charge on any atom is 0.243 e. The van der Waals surface area contributed by atoms with Crippen molar-refractivity contribution in [3.05, 3.63) is 24.3 Å². The predicted molar refractivity (Wildman–Crippen MR) is 71.7 cm³/mol. The minimum Gasteiger partial charge on any atom is -0.399 e. The van der Waals surface area contributed by atoms with E-state index in [0.717, 1.165) is 6.42 Å². The first-order valence-corrected chi connectivity index (χ1v) is 7.37. The lowest BCUT2D eigenvalue weighted by Gasteiger charge is -2.20. The second kappa shape index (κ2) is 4.87. The highest BCUT2D eigenvalue weighted by atomic mass is 32.2. The van der Waals surface area contributed by atoms with Gasteiger partial charge in [-0.3, -0.25) is 0 Å². The summed E-state index contributed by atoms with van der Waals surface area (Å²) in [5.74, 6) is 0. The number of hydrogen-bond acceptors (Lipinski definition) is 4. The second-order valence-corrected chi connectivity index (χ2v) is 6.78. The molecule has 1 aliphatic heterocycles. The number of benzene rings is 1. The molecule has 18 heavy (non-hydrogen) atoms. The summed E-state index contributed by atoms with van der Waals surface area (Å²) in [6.07, 6.45) is 0.876. The van der Waals surface area contributed by atoms with E-state index in [1.807, 2.05) is 14.1 Å². The van der Waals surface area contributed by atoms with Crippen LogP contribution in [-0.2, 0) is 10.0 Å². The Morgan fingerprint density at radius 3 is 2.39 bits per heavy atom. The lowest BCUT2D eigenvalue weighted by molar-refractivity contribution is 0.302. The van der Waals surface area contributed by atoms with E-state index in [9.17, 15) is 8.42 Å². The molecule has 1 aromatic carbocycles. The van der Waals surface area contributed by atoms with Gasteiger partial charge in [-0.25, -0.2) is 8.42 Å². The molecule has 6 heteroatoms. The van der Waals surface area contributed by atoms with Gasteiger partial charge in [0, 0.05) is 24.8 Å². The van der Waals surface area contributed by atoms with Crippen LogP contribution in [0.4, 0.5) is 5.69 Å². The van der Waals surface area contributed by atoms with Gasteiger partial charge in [-0.15, -0.1) is 0 Å². The minimum absolute atomic E-state index is 0.300. The molecule has 1 heterocycles. The number of likely N-dealkylation sites (N-methyl/N-ethyl adjacent to an activating group) is 1. The van der Waals surface area contributed by atoms with E-state index in [4.69, 9.17) is 5.73 Å². The topological polar surface area (TPSA) is 66.6 Å². The van der Waals surface area contributed by atoms with Crippen molar-refractivity contribution >= 4 is 15.7 Å². The molecular formula is C12H19N3O2S. The lowest BCUT2D eigenvalue weighted by Crippen LogP contribution is -2.34. The number of nitrogens with zero attached hydrogens (tertiary/aromatic N) is 2. The third-order valence-electron chi connectivity index (χ3n) is 3.37. The van der Waals surface area contributed by atoms with E-state index < -0.39 is 10.0 Å². The quantitative estimate of drug-likeness (QED) is 0.816. The number of nitrogen functional groups attached to an aromatic ring is 1. The van der Waals surface area contributed by atoms with Gasteiger partial charge in [0.1, 0.15) is 0 Å². The Balaban J connectivity index is 2.20. The number of sulfonamides is 1. The van der Waals surface area contributed by atoms with Gasteiger partial charge in [0.2, 0.25) is 10.0 Å². The summed E-state index contributed by atoms with van der Waals surface area (Å²) in [6.45, 7) is 1.13. The lowest BCUT2D eigenvalue weighted by atomic mass is 10.2. The zero-order valence-corrected chi connectivity index (χ0v) is 11.5. The van der Waals surface area contributed by atoms with Gasteiger partial charge in [0.25, 0.3) is 0 Å². The third-order valence-corrected chi connectivity index (χ3v) is 5.25. The molecule has 1 saturated heterocycles. The summed E-state index contributed by atoms with van der Waals surface area (Å²) in [4.78, 5) is 2.38. The van der Waals surface area contributed by atoms with Crippen molar-refractivity contribution in [3.8, 4) is 0 Å². The Hall–Kier alpha value is -1.11. The predicted octanol–water partition coefficient (Wildman–Crippen LogP) is 0.593. The van der Waals surface area contributed by atoms with Crippen LogP contribution < -0.4 is 5.73 Å². The van der Waals surface area contributed by atoms with Gasteiger partial charge in [-0.1, -0.05) is 0 Å². The fraction of sp³-hybridized carbons (Fsp3) is 0.500. The van der Waals surface area contributed by atoms with Crippen molar-refractivity contribution in [2.24, 2.45) is 0 Å². The van der Waals surface area contributed by atoms with Gasteiger partial charge in [-0.05, 0) is 44.8 Å². The highest BCUT2D eigenvalue weighted by Gasteiger charge is 2.33.